The largest absolute Gasteiger partial charge is 0.468 e. The number of furan rings is 1. The number of carbonyl (C=O) groups excluding carboxylic acids is 1. The van der Waals surface area contributed by atoms with Gasteiger partial charge in [-0.05, 0) is 55.8 Å². The number of rotatable bonds is 6. The molecule has 0 aliphatic carbocycles. The van der Waals surface area contributed by atoms with Gasteiger partial charge in [-0.1, -0.05) is 18.6 Å². The molecule has 1 aliphatic heterocycles. The molecule has 25 heavy (non-hydrogen) atoms. The number of nitrogens with zero attached hydrogens (tertiary/aromatic N) is 1. The van der Waals surface area contributed by atoms with Gasteiger partial charge in [0.25, 0.3) is 0 Å². The van der Waals surface area contributed by atoms with E-state index in [1.54, 1.807) is 18.4 Å². The summed E-state index contributed by atoms with van der Waals surface area (Å²) in [7, 11) is 0. The Bertz CT molecular complexity index is 652. The summed E-state index contributed by atoms with van der Waals surface area (Å²) in [5, 5.41) is 5.72. The van der Waals surface area contributed by atoms with Gasteiger partial charge in [-0.3, -0.25) is 4.90 Å². The molecule has 1 fully saturated rings. The van der Waals surface area contributed by atoms with Crippen molar-refractivity contribution >= 4 is 6.03 Å². The lowest BCUT2D eigenvalue weighted by atomic mass is 10.1. The van der Waals surface area contributed by atoms with E-state index in [1.807, 2.05) is 12.1 Å². The predicted molar refractivity (Wildman–Crippen MR) is 93.5 cm³/mol. The molecule has 0 radical (unpaired) electrons. The maximum atomic E-state index is 12.9. The summed E-state index contributed by atoms with van der Waals surface area (Å²) in [5.41, 5.74) is 0.857. The van der Waals surface area contributed by atoms with Crippen LogP contribution >= 0.6 is 0 Å². The Labute approximate surface area is 147 Å². The van der Waals surface area contributed by atoms with Crippen molar-refractivity contribution in [2.45, 2.75) is 31.8 Å². The third-order valence-corrected chi connectivity index (χ3v) is 4.53. The fraction of sp³-hybridized carbons (Fsp3) is 0.421. The number of carbonyl (C=O) groups is 1. The van der Waals surface area contributed by atoms with Gasteiger partial charge in [0, 0.05) is 13.1 Å². The van der Waals surface area contributed by atoms with Crippen molar-refractivity contribution < 1.29 is 13.6 Å². The van der Waals surface area contributed by atoms with E-state index in [9.17, 15) is 9.18 Å². The molecular formula is C19H24FN3O2. The topological polar surface area (TPSA) is 57.5 Å². The molecule has 0 bridgehead atoms. The molecule has 0 spiro atoms. The highest BCUT2D eigenvalue weighted by Crippen LogP contribution is 2.24. The predicted octanol–water partition coefficient (Wildman–Crippen LogP) is 3.45. The number of likely N-dealkylation sites (tertiary alicyclic amines) is 1. The van der Waals surface area contributed by atoms with E-state index in [-0.39, 0.29) is 17.9 Å². The van der Waals surface area contributed by atoms with E-state index >= 15 is 0 Å². The highest BCUT2D eigenvalue weighted by molar-refractivity contribution is 5.73. The lowest BCUT2D eigenvalue weighted by Crippen LogP contribution is -2.43. The third kappa shape index (κ3) is 5.06. The molecule has 3 rings (SSSR count). The molecule has 2 heterocycles. The van der Waals surface area contributed by atoms with Crippen molar-refractivity contribution in [3.05, 3.63) is 59.8 Å². The number of hydrogen-bond acceptors (Lipinski definition) is 3. The quantitative estimate of drug-likeness (QED) is 0.843. The minimum absolute atomic E-state index is 0.0480. The first-order valence-electron chi connectivity index (χ1n) is 8.76. The highest BCUT2D eigenvalue weighted by Gasteiger charge is 2.24. The van der Waals surface area contributed by atoms with E-state index in [2.05, 4.69) is 15.5 Å². The van der Waals surface area contributed by atoms with Gasteiger partial charge < -0.3 is 15.1 Å². The van der Waals surface area contributed by atoms with Gasteiger partial charge in [-0.2, -0.15) is 0 Å². The lowest BCUT2D eigenvalue weighted by Gasteiger charge is -2.33. The second-order valence-corrected chi connectivity index (χ2v) is 6.32. The zero-order valence-corrected chi connectivity index (χ0v) is 14.2. The number of piperidine rings is 1. The fourth-order valence-electron chi connectivity index (χ4n) is 3.16. The van der Waals surface area contributed by atoms with Crippen LogP contribution in [0.25, 0.3) is 0 Å². The smallest absolute Gasteiger partial charge is 0.315 e. The monoisotopic (exact) mass is 345 g/mol. The molecule has 1 atom stereocenters. The maximum absolute atomic E-state index is 12.9. The van der Waals surface area contributed by atoms with Crippen LogP contribution in [-0.4, -0.2) is 30.6 Å². The van der Waals surface area contributed by atoms with E-state index in [0.29, 0.717) is 13.1 Å². The summed E-state index contributed by atoms with van der Waals surface area (Å²) in [6.07, 6.45) is 5.27. The molecule has 1 aromatic carbocycles. The van der Waals surface area contributed by atoms with Crippen LogP contribution in [0.15, 0.2) is 47.1 Å². The van der Waals surface area contributed by atoms with Crippen LogP contribution in [0.3, 0.4) is 0 Å². The molecule has 1 unspecified atom stereocenters. The van der Waals surface area contributed by atoms with E-state index < -0.39 is 0 Å². The second kappa shape index (κ2) is 8.67. The van der Waals surface area contributed by atoms with Gasteiger partial charge in [0.15, 0.2) is 0 Å². The summed E-state index contributed by atoms with van der Waals surface area (Å²) < 4.78 is 18.5. The Balaban J connectivity index is 1.51. The van der Waals surface area contributed by atoms with Crippen molar-refractivity contribution in [1.29, 1.82) is 0 Å². The molecule has 5 nitrogen and oxygen atoms in total. The zero-order chi connectivity index (χ0) is 17.5. The molecule has 1 saturated heterocycles. The Morgan fingerprint density at radius 1 is 1.12 bits per heavy atom. The Morgan fingerprint density at radius 3 is 2.56 bits per heavy atom. The summed E-state index contributed by atoms with van der Waals surface area (Å²) in [5.74, 6) is 0.594. The van der Waals surface area contributed by atoms with Crippen molar-refractivity contribution in [2.24, 2.45) is 0 Å². The molecule has 2 aromatic rings. The molecule has 134 valence electrons. The van der Waals surface area contributed by atoms with Crippen LogP contribution in [0.2, 0.25) is 0 Å². The molecule has 0 saturated carbocycles. The van der Waals surface area contributed by atoms with E-state index in [1.165, 1.54) is 31.4 Å². The first kappa shape index (κ1) is 17.5. The number of urea groups is 1. The second-order valence-electron chi connectivity index (χ2n) is 6.32. The molecule has 2 N–H and O–H groups in total. The summed E-state index contributed by atoms with van der Waals surface area (Å²) in [6.45, 7) is 2.89. The Kier molecular flexibility index (Phi) is 6.06. The van der Waals surface area contributed by atoms with Crippen molar-refractivity contribution in [3.63, 3.8) is 0 Å². The van der Waals surface area contributed by atoms with Crippen LogP contribution < -0.4 is 10.6 Å². The fourth-order valence-corrected chi connectivity index (χ4v) is 3.16. The Morgan fingerprint density at radius 2 is 1.88 bits per heavy atom. The van der Waals surface area contributed by atoms with Crippen molar-refractivity contribution in [1.82, 2.24) is 15.5 Å². The van der Waals surface area contributed by atoms with Crippen molar-refractivity contribution in [3.8, 4) is 0 Å². The lowest BCUT2D eigenvalue weighted by molar-refractivity contribution is 0.143. The first-order valence-corrected chi connectivity index (χ1v) is 8.76. The van der Waals surface area contributed by atoms with Gasteiger partial charge in [0.05, 0.1) is 12.3 Å². The summed E-state index contributed by atoms with van der Waals surface area (Å²) >= 11 is 0. The minimum Gasteiger partial charge on any atom is -0.468 e. The SMILES string of the molecule is O=C(NCc1ccc(F)cc1)NCC(c1ccco1)N1CCCCC1. The third-order valence-electron chi connectivity index (χ3n) is 4.53. The van der Waals surface area contributed by atoms with Crippen LogP contribution in [0.1, 0.15) is 36.6 Å². The van der Waals surface area contributed by atoms with Crippen LogP contribution in [0.4, 0.5) is 9.18 Å². The number of benzene rings is 1. The van der Waals surface area contributed by atoms with Gasteiger partial charge in [-0.25, -0.2) is 9.18 Å². The Hall–Kier alpha value is -2.34. The maximum Gasteiger partial charge on any atom is 0.315 e. The molecule has 2 amide bonds. The van der Waals surface area contributed by atoms with Gasteiger partial charge >= 0.3 is 6.03 Å². The summed E-state index contributed by atoms with van der Waals surface area (Å²) in [6, 6.07) is 9.74. The molecular weight excluding hydrogens is 321 g/mol. The van der Waals surface area contributed by atoms with Gasteiger partial charge in [0.1, 0.15) is 11.6 Å². The average Bonchev–Trinajstić information content (AvgIpc) is 3.17. The number of nitrogens with one attached hydrogen (secondary N) is 2. The van der Waals surface area contributed by atoms with Gasteiger partial charge in [0.2, 0.25) is 0 Å². The number of halogens is 1. The van der Waals surface area contributed by atoms with E-state index in [4.69, 9.17) is 4.42 Å². The average molecular weight is 345 g/mol. The highest BCUT2D eigenvalue weighted by atomic mass is 19.1. The molecule has 1 aromatic heterocycles. The minimum atomic E-state index is -0.281. The summed E-state index contributed by atoms with van der Waals surface area (Å²) in [4.78, 5) is 14.5. The molecule has 6 heteroatoms. The van der Waals surface area contributed by atoms with Crippen LogP contribution in [0, 0.1) is 5.82 Å². The van der Waals surface area contributed by atoms with Crippen LogP contribution in [-0.2, 0) is 6.54 Å². The normalized spacial score (nSPS) is 16.4. The standard InChI is InChI=1S/C19H24FN3O2/c20-16-8-6-15(7-9-16)13-21-19(24)22-14-17(18-5-4-12-25-18)23-10-2-1-3-11-23/h4-9,12,17H,1-3,10-11,13-14H2,(H2,21,22,24). The molecule has 1 aliphatic rings. The van der Waals surface area contributed by atoms with Crippen LogP contribution in [0.5, 0.6) is 0 Å². The zero-order valence-electron chi connectivity index (χ0n) is 14.2. The van der Waals surface area contributed by atoms with Gasteiger partial charge in [-0.15, -0.1) is 0 Å². The first-order chi connectivity index (χ1) is 12.2. The van der Waals surface area contributed by atoms with E-state index in [0.717, 1.165) is 24.4 Å². The number of amides is 2. The van der Waals surface area contributed by atoms with Crippen molar-refractivity contribution in [2.75, 3.05) is 19.6 Å². The number of hydrogen-bond donors (Lipinski definition) is 2.